The van der Waals surface area contributed by atoms with E-state index in [0.717, 1.165) is 21.5 Å². The maximum atomic E-state index is 14.2. The lowest BCUT2D eigenvalue weighted by Gasteiger charge is -2.32. The van der Waals surface area contributed by atoms with Crippen molar-refractivity contribution in [1.29, 1.82) is 0 Å². The van der Waals surface area contributed by atoms with Crippen molar-refractivity contribution in [3.8, 4) is 5.75 Å². The second kappa shape index (κ2) is 14.5. The third-order valence-corrected chi connectivity index (χ3v) is 8.97. The highest BCUT2D eigenvalue weighted by atomic mass is 35.5. The molecule has 0 heterocycles. The van der Waals surface area contributed by atoms with Gasteiger partial charge in [-0.2, -0.15) is 0 Å². The van der Waals surface area contributed by atoms with E-state index in [-0.39, 0.29) is 34.5 Å². The summed E-state index contributed by atoms with van der Waals surface area (Å²) in [5.74, 6) is -0.824. The topological polar surface area (TPSA) is 139 Å². The number of carbonyl (C=O) groups excluding carboxylic acids is 2. The first-order valence-electron chi connectivity index (χ1n) is 13.9. The number of rotatable bonds is 13. The molecule has 13 heteroatoms. The second-order valence-corrected chi connectivity index (χ2v) is 13.2. The number of hydrogen-bond acceptors (Lipinski definition) is 7. The molecule has 0 aromatic heterocycles. The molecule has 0 fully saturated rings. The molecule has 0 aliphatic heterocycles. The maximum Gasteiger partial charge on any atom is 0.273 e. The van der Waals surface area contributed by atoms with Crippen molar-refractivity contribution in [2.45, 2.75) is 52.1 Å². The second-order valence-electron chi connectivity index (χ2n) is 10.9. The Morgan fingerprint density at radius 2 is 1.68 bits per heavy atom. The Kier molecular flexibility index (Phi) is 11.3. The van der Waals surface area contributed by atoms with Crippen molar-refractivity contribution in [3.63, 3.8) is 0 Å². The SMILES string of the molecule is COc1ccc(Cl)cc1N(CC(=O)N(Cc1ccc(C)cc1)[C@@H](C)C(=O)NCC(C)C)S(=O)(=O)c1ccc(C)c([N+](=O)[O-])c1. The van der Waals surface area contributed by atoms with E-state index in [0.29, 0.717) is 6.54 Å². The summed E-state index contributed by atoms with van der Waals surface area (Å²) < 4.78 is 34.6. The van der Waals surface area contributed by atoms with Crippen LogP contribution in [0.15, 0.2) is 65.6 Å². The van der Waals surface area contributed by atoms with Gasteiger partial charge in [0.1, 0.15) is 18.3 Å². The molecule has 0 spiro atoms. The van der Waals surface area contributed by atoms with E-state index in [1.165, 1.54) is 49.3 Å². The smallest absolute Gasteiger partial charge is 0.273 e. The zero-order chi connectivity index (χ0) is 32.8. The number of nitrogens with zero attached hydrogens (tertiary/aromatic N) is 3. The first kappa shape index (κ1) is 34.3. The molecule has 11 nitrogen and oxygen atoms in total. The number of hydrogen-bond donors (Lipinski definition) is 1. The van der Waals surface area contributed by atoms with E-state index in [4.69, 9.17) is 16.3 Å². The minimum atomic E-state index is -4.61. The standard InChI is InChI=1S/C31H37ClN4O7S/c1-20(2)17-33-31(38)23(5)34(18-24-10-7-21(3)8-11-24)30(37)19-35(28-15-25(32)12-14-29(28)43-6)44(41,42)26-13-9-22(4)27(16-26)36(39)40/h7-16,20,23H,17-19H2,1-6H3,(H,33,38)/t23-/m0/s1. The fourth-order valence-electron chi connectivity index (χ4n) is 4.37. The van der Waals surface area contributed by atoms with Crippen LogP contribution in [-0.4, -0.2) is 56.3 Å². The van der Waals surface area contributed by atoms with E-state index in [1.807, 2.05) is 45.0 Å². The summed E-state index contributed by atoms with van der Waals surface area (Å²) in [7, 11) is -3.27. The van der Waals surface area contributed by atoms with Gasteiger partial charge in [0.2, 0.25) is 11.8 Å². The number of carbonyl (C=O) groups is 2. The summed E-state index contributed by atoms with van der Waals surface area (Å²) in [5, 5.41) is 14.6. The first-order valence-corrected chi connectivity index (χ1v) is 15.7. The van der Waals surface area contributed by atoms with Crippen LogP contribution in [0.2, 0.25) is 5.02 Å². The maximum absolute atomic E-state index is 14.2. The molecule has 2 amide bonds. The number of methoxy groups -OCH3 is 1. The van der Waals surface area contributed by atoms with Gasteiger partial charge in [-0.3, -0.25) is 24.0 Å². The van der Waals surface area contributed by atoms with Crippen LogP contribution < -0.4 is 14.4 Å². The van der Waals surface area contributed by atoms with Crippen molar-refractivity contribution in [3.05, 3.63) is 92.5 Å². The molecule has 0 unspecified atom stereocenters. The van der Waals surface area contributed by atoms with Gasteiger partial charge in [-0.05, 0) is 56.5 Å². The molecule has 3 rings (SSSR count). The zero-order valence-electron chi connectivity index (χ0n) is 25.5. The molecular formula is C31H37ClN4O7S. The average molecular weight is 645 g/mol. The van der Waals surface area contributed by atoms with Crippen molar-refractivity contribution < 1.29 is 27.7 Å². The molecule has 0 saturated carbocycles. The van der Waals surface area contributed by atoms with Crippen LogP contribution in [0, 0.1) is 29.9 Å². The molecule has 3 aromatic rings. The van der Waals surface area contributed by atoms with E-state index in [1.54, 1.807) is 6.92 Å². The van der Waals surface area contributed by atoms with Gasteiger partial charge in [0.25, 0.3) is 15.7 Å². The number of benzene rings is 3. The fraction of sp³-hybridized carbons (Fsp3) is 0.355. The molecule has 0 radical (unpaired) electrons. The molecule has 0 aliphatic carbocycles. The van der Waals surface area contributed by atoms with Gasteiger partial charge in [0.05, 0.1) is 22.6 Å². The molecule has 0 bridgehead atoms. The quantitative estimate of drug-likeness (QED) is 0.198. The van der Waals surface area contributed by atoms with Crippen molar-refractivity contribution in [1.82, 2.24) is 10.2 Å². The van der Waals surface area contributed by atoms with Gasteiger partial charge in [0.15, 0.2) is 0 Å². The van der Waals surface area contributed by atoms with Gasteiger partial charge >= 0.3 is 0 Å². The summed E-state index contributed by atoms with van der Waals surface area (Å²) in [5.41, 5.74) is 1.56. The lowest BCUT2D eigenvalue weighted by Crippen LogP contribution is -2.51. The minimum absolute atomic E-state index is 0.0198. The normalized spacial score (nSPS) is 12.0. The van der Waals surface area contributed by atoms with Gasteiger partial charge in [0, 0.05) is 29.7 Å². The van der Waals surface area contributed by atoms with Crippen LogP contribution in [0.5, 0.6) is 5.75 Å². The van der Waals surface area contributed by atoms with Crippen LogP contribution in [0.1, 0.15) is 37.5 Å². The number of ether oxygens (including phenoxy) is 1. The minimum Gasteiger partial charge on any atom is -0.495 e. The first-order chi connectivity index (χ1) is 20.6. The van der Waals surface area contributed by atoms with Crippen LogP contribution in [0.3, 0.4) is 0 Å². The van der Waals surface area contributed by atoms with Crippen molar-refractivity contribution in [2.24, 2.45) is 5.92 Å². The van der Waals surface area contributed by atoms with Gasteiger partial charge in [-0.15, -0.1) is 0 Å². The zero-order valence-corrected chi connectivity index (χ0v) is 27.1. The Hall–Kier alpha value is -4.16. The van der Waals surface area contributed by atoms with E-state index < -0.39 is 49.9 Å². The fourth-order valence-corrected chi connectivity index (χ4v) is 5.97. The Morgan fingerprint density at radius 1 is 1.02 bits per heavy atom. The molecule has 1 atom stereocenters. The van der Waals surface area contributed by atoms with Gasteiger partial charge in [-0.25, -0.2) is 8.42 Å². The number of halogens is 1. The van der Waals surface area contributed by atoms with Crippen molar-refractivity contribution >= 4 is 44.8 Å². The third kappa shape index (κ3) is 8.26. The highest BCUT2D eigenvalue weighted by Gasteiger charge is 2.35. The number of nitro groups is 1. The summed E-state index contributed by atoms with van der Waals surface area (Å²) in [6, 6.07) is 14.2. The highest BCUT2D eigenvalue weighted by molar-refractivity contribution is 7.92. The molecule has 0 saturated heterocycles. The molecule has 236 valence electrons. The Morgan fingerprint density at radius 3 is 2.27 bits per heavy atom. The number of anilines is 1. The van der Waals surface area contributed by atoms with Gasteiger partial charge in [-0.1, -0.05) is 61.3 Å². The molecule has 1 N–H and O–H groups in total. The Bertz CT molecular complexity index is 1630. The average Bonchev–Trinajstić information content (AvgIpc) is 2.97. The summed E-state index contributed by atoms with van der Waals surface area (Å²) in [6.45, 7) is 8.52. The number of amides is 2. The predicted octanol–water partition coefficient (Wildman–Crippen LogP) is 5.26. The summed E-state index contributed by atoms with van der Waals surface area (Å²) in [4.78, 5) is 39.1. The Balaban J connectivity index is 2.14. The highest BCUT2D eigenvalue weighted by Crippen LogP contribution is 2.36. The predicted molar refractivity (Wildman–Crippen MR) is 169 cm³/mol. The third-order valence-electron chi connectivity index (χ3n) is 6.98. The van der Waals surface area contributed by atoms with E-state index in [9.17, 15) is 28.1 Å². The van der Waals surface area contributed by atoms with Crippen LogP contribution in [-0.2, 0) is 26.2 Å². The summed E-state index contributed by atoms with van der Waals surface area (Å²) in [6.07, 6.45) is 0. The largest absolute Gasteiger partial charge is 0.495 e. The van der Waals surface area contributed by atoms with Crippen LogP contribution >= 0.6 is 11.6 Å². The molecule has 3 aromatic carbocycles. The molecular weight excluding hydrogens is 608 g/mol. The lowest BCUT2D eigenvalue weighted by atomic mass is 10.1. The number of nitro benzene ring substituents is 1. The van der Waals surface area contributed by atoms with Crippen molar-refractivity contribution in [2.75, 3.05) is 24.5 Å². The lowest BCUT2D eigenvalue weighted by molar-refractivity contribution is -0.385. The van der Waals surface area contributed by atoms with Crippen LogP contribution in [0.25, 0.3) is 0 Å². The van der Waals surface area contributed by atoms with E-state index >= 15 is 0 Å². The Labute approximate surface area is 263 Å². The number of nitrogens with one attached hydrogen (secondary N) is 1. The summed E-state index contributed by atoms with van der Waals surface area (Å²) >= 11 is 6.26. The molecule has 44 heavy (non-hydrogen) atoms. The monoisotopic (exact) mass is 644 g/mol. The van der Waals surface area contributed by atoms with Gasteiger partial charge < -0.3 is 15.0 Å². The van der Waals surface area contributed by atoms with E-state index in [2.05, 4.69) is 5.32 Å². The number of sulfonamides is 1. The van der Waals surface area contributed by atoms with Crippen LogP contribution in [0.4, 0.5) is 11.4 Å². The molecule has 0 aliphatic rings. The number of aryl methyl sites for hydroxylation is 2.